The van der Waals surface area contributed by atoms with Crippen molar-refractivity contribution in [3.8, 4) is 16.8 Å². The van der Waals surface area contributed by atoms with Crippen molar-refractivity contribution >= 4 is 66.7 Å². The molecule has 0 aliphatic heterocycles. The van der Waals surface area contributed by atoms with Crippen LogP contribution in [0.5, 0.6) is 0 Å². The summed E-state index contributed by atoms with van der Waals surface area (Å²) in [5.74, 6) is 0. The van der Waals surface area contributed by atoms with Crippen LogP contribution in [-0.4, -0.2) is 4.57 Å². The minimum atomic E-state index is -0.272. The van der Waals surface area contributed by atoms with Crippen LogP contribution in [0.3, 0.4) is 0 Å². The molecule has 276 valence electrons. The predicted octanol–water partition coefficient (Wildman–Crippen LogP) is 15.2. The van der Waals surface area contributed by atoms with E-state index in [2.05, 4.69) is 241 Å². The van der Waals surface area contributed by atoms with Crippen molar-refractivity contribution in [2.24, 2.45) is 0 Å². The summed E-state index contributed by atoms with van der Waals surface area (Å²) in [6.07, 6.45) is 0. The molecule has 0 N–H and O–H groups in total. The standard InChI is InChI=1S/C55H41N3/c1-55(2)49-36-43(56(38-19-6-3-7-20-38)39-21-8-4-9-22-39)33-34-48(49)54-47-30-13-12-29-46(47)53(37-50(54)55)57(40-23-10-5-11-24-40)41-25-18-26-42(35-41)58-51-31-16-14-27-44(51)45-28-15-17-32-52(45)58/h3-37H,1-2H3. The third-order valence-electron chi connectivity index (χ3n) is 12.1. The van der Waals surface area contributed by atoms with Gasteiger partial charge in [0.05, 0.1) is 16.7 Å². The first kappa shape index (κ1) is 33.9. The van der Waals surface area contributed by atoms with Crippen LogP contribution < -0.4 is 9.80 Å². The van der Waals surface area contributed by atoms with E-state index in [0.29, 0.717) is 0 Å². The number of benzene rings is 9. The van der Waals surface area contributed by atoms with Gasteiger partial charge in [-0.05, 0) is 113 Å². The lowest BCUT2D eigenvalue weighted by atomic mass is 9.81. The summed E-state index contributed by atoms with van der Waals surface area (Å²) in [5, 5.41) is 5.00. The molecule has 1 heterocycles. The Morgan fingerprint density at radius 1 is 0.362 bits per heavy atom. The predicted molar refractivity (Wildman–Crippen MR) is 245 cm³/mol. The van der Waals surface area contributed by atoms with Crippen LogP contribution in [-0.2, 0) is 5.41 Å². The maximum Gasteiger partial charge on any atom is 0.0543 e. The molecular formula is C55H41N3. The zero-order valence-corrected chi connectivity index (χ0v) is 32.5. The van der Waals surface area contributed by atoms with Crippen molar-refractivity contribution in [2.75, 3.05) is 9.80 Å². The molecule has 3 nitrogen and oxygen atoms in total. The van der Waals surface area contributed by atoms with Gasteiger partial charge in [-0.15, -0.1) is 0 Å². The van der Waals surface area contributed by atoms with Crippen LogP contribution in [0.4, 0.5) is 34.1 Å². The Hall–Kier alpha value is -7.36. The number of para-hydroxylation sites is 5. The molecule has 0 spiro atoms. The first-order valence-corrected chi connectivity index (χ1v) is 20.1. The second-order valence-electron chi connectivity index (χ2n) is 15.8. The largest absolute Gasteiger partial charge is 0.310 e. The van der Waals surface area contributed by atoms with E-state index in [-0.39, 0.29) is 5.41 Å². The van der Waals surface area contributed by atoms with Gasteiger partial charge in [0.25, 0.3) is 0 Å². The summed E-state index contributed by atoms with van der Waals surface area (Å²) in [5.41, 5.74) is 15.3. The van der Waals surface area contributed by atoms with E-state index in [1.54, 1.807) is 0 Å². The van der Waals surface area contributed by atoms with E-state index < -0.39 is 0 Å². The van der Waals surface area contributed by atoms with Crippen LogP contribution in [0.25, 0.3) is 49.4 Å². The quantitative estimate of drug-likeness (QED) is 0.161. The summed E-state index contributed by atoms with van der Waals surface area (Å²) in [4.78, 5) is 4.82. The average molecular weight is 744 g/mol. The maximum absolute atomic E-state index is 2.48. The highest BCUT2D eigenvalue weighted by Gasteiger charge is 2.38. The molecule has 0 bridgehead atoms. The minimum absolute atomic E-state index is 0.272. The van der Waals surface area contributed by atoms with Crippen LogP contribution >= 0.6 is 0 Å². The molecule has 1 aliphatic rings. The number of fused-ring (bicyclic) bond motifs is 8. The van der Waals surface area contributed by atoms with E-state index in [0.717, 1.165) is 39.8 Å². The number of hydrogen-bond donors (Lipinski definition) is 0. The van der Waals surface area contributed by atoms with Crippen molar-refractivity contribution in [1.82, 2.24) is 4.57 Å². The van der Waals surface area contributed by atoms with Gasteiger partial charge in [-0.1, -0.05) is 141 Å². The summed E-state index contributed by atoms with van der Waals surface area (Å²) in [7, 11) is 0. The van der Waals surface area contributed by atoms with E-state index in [4.69, 9.17) is 0 Å². The molecule has 3 heteroatoms. The lowest BCUT2D eigenvalue weighted by molar-refractivity contribution is 0.661. The molecule has 0 amide bonds. The lowest BCUT2D eigenvalue weighted by Gasteiger charge is -2.30. The summed E-state index contributed by atoms with van der Waals surface area (Å²) in [6.45, 7) is 4.79. The van der Waals surface area contributed by atoms with E-state index in [1.807, 2.05) is 0 Å². The van der Waals surface area contributed by atoms with Gasteiger partial charge < -0.3 is 14.4 Å². The Morgan fingerprint density at radius 2 is 0.845 bits per heavy atom. The van der Waals surface area contributed by atoms with Crippen LogP contribution in [0.2, 0.25) is 0 Å². The Bertz CT molecular complexity index is 3050. The molecule has 0 atom stereocenters. The molecule has 0 radical (unpaired) electrons. The van der Waals surface area contributed by atoms with Crippen LogP contribution in [0, 0.1) is 0 Å². The van der Waals surface area contributed by atoms with Crippen molar-refractivity contribution in [3.63, 3.8) is 0 Å². The molecule has 10 aromatic rings. The highest BCUT2D eigenvalue weighted by atomic mass is 15.2. The minimum Gasteiger partial charge on any atom is -0.310 e. The zero-order valence-electron chi connectivity index (χ0n) is 32.5. The summed E-state index contributed by atoms with van der Waals surface area (Å²) < 4.78 is 2.41. The fourth-order valence-corrected chi connectivity index (χ4v) is 9.45. The van der Waals surface area contributed by atoms with Gasteiger partial charge in [-0.3, -0.25) is 0 Å². The summed E-state index contributed by atoms with van der Waals surface area (Å²) in [6, 6.07) is 77.2. The van der Waals surface area contributed by atoms with Gasteiger partial charge >= 0.3 is 0 Å². The second kappa shape index (κ2) is 13.4. The number of rotatable bonds is 7. The van der Waals surface area contributed by atoms with Gasteiger partial charge in [0.1, 0.15) is 0 Å². The van der Waals surface area contributed by atoms with Gasteiger partial charge in [-0.2, -0.15) is 0 Å². The van der Waals surface area contributed by atoms with Crippen LogP contribution in [0.15, 0.2) is 212 Å². The van der Waals surface area contributed by atoms with Crippen LogP contribution in [0.1, 0.15) is 25.0 Å². The SMILES string of the molecule is CC1(C)c2cc(N(c3ccccc3)c3ccccc3)ccc2-c2c1cc(N(c1ccccc1)c1cccc(-n3c4ccccc4c4ccccc43)c1)c1ccccc21. The number of anilines is 6. The molecule has 9 aromatic carbocycles. The molecule has 1 aliphatic carbocycles. The molecule has 0 fully saturated rings. The first-order valence-electron chi connectivity index (χ1n) is 20.1. The fraction of sp³-hybridized carbons (Fsp3) is 0.0545. The van der Waals surface area contributed by atoms with E-state index >= 15 is 0 Å². The smallest absolute Gasteiger partial charge is 0.0543 e. The molecule has 58 heavy (non-hydrogen) atoms. The second-order valence-corrected chi connectivity index (χ2v) is 15.8. The van der Waals surface area contributed by atoms with E-state index in [9.17, 15) is 0 Å². The van der Waals surface area contributed by atoms with E-state index in [1.165, 1.54) is 54.8 Å². The third-order valence-corrected chi connectivity index (χ3v) is 12.1. The zero-order chi connectivity index (χ0) is 38.8. The number of hydrogen-bond acceptors (Lipinski definition) is 2. The first-order chi connectivity index (χ1) is 28.6. The molecule has 1 aromatic heterocycles. The van der Waals surface area contributed by atoms with Gasteiger partial charge in [-0.25, -0.2) is 0 Å². The monoisotopic (exact) mass is 743 g/mol. The summed E-state index contributed by atoms with van der Waals surface area (Å²) >= 11 is 0. The molecular weight excluding hydrogens is 703 g/mol. The normalized spacial score (nSPS) is 12.8. The fourth-order valence-electron chi connectivity index (χ4n) is 9.45. The van der Waals surface area contributed by atoms with Crippen molar-refractivity contribution in [2.45, 2.75) is 19.3 Å². The molecule has 0 saturated carbocycles. The Balaban J connectivity index is 1.11. The van der Waals surface area contributed by atoms with Gasteiger partial charge in [0.15, 0.2) is 0 Å². The molecule has 0 saturated heterocycles. The third kappa shape index (κ3) is 5.28. The highest BCUT2D eigenvalue weighted by molar-refractivity contribution is 6.11. The van der Waals surface area contributed by atoms with Crippen molar-refractivity contribution in [3.05, 3.63) is 223 Å². The molecule has 0 unspecified atom stereocenters. The van der Waals surface area contributed by atoms with Gasteiger partial charge in [0.2, 0.25) is 0 Å². The highest BCUT2D eigenvalue weighted by Crippen LogP contribution is 2.55. The Labute approximate surface area is 339 Å². The topological polar surface area (TPSA) is 11.4 Å². The molecule has 11 rings (SSSR count). The van der Waals surface area contributed by atoms with Gasteiger partial charge in [0, 0.05) is 55.7 Å². The van der Waals surface area contributed by atoms with Crippen molar-refractivity contribution < 1.29 is 0 Å². The lowest BCUT2D eigenvalue weighted by Crippen LogP contribution is -2.18. The number of aromatic nitrogens is 1. The number of nitrogens with zero attached hydrogens (tertiary/aromatic N) is 3. The van der Waals surface area contributed by atoms with Crippen molar-refractivity contribution in [1.29, 1.82) is 0 Å². The Morgan fingerprint density at radius 3 is 1.45 bits per heavy atom. The Kier molecular flexibility index (Phi) is 7.84. The maximum atomic E-state index is 2.48. The average Bonchev–Trinajstić information content (AvgIpc) is 3.73.